The minimum Gasteiger partial charge on any atom is -0.458 e. The van der Waals surface area contributed by atoms with Crippen LogP contribution in [0.1, 0.15) is 103 Å². The van der Waals surface area contributed by atoms with Crippen LogP contribution in [0.5, 0.6) is 11.5 Å². The maximum Gasteiger partial charge on any atom is 0.269 e. The number of pyridine rings is 1. The lowest BCUT2D eigenvalue weighted by Gasteiger charge is -2.22. The number of rotatable bonds is 9. The summed E-state index contributed by atoms with van der Waals surface area (Å²) in [6, 6.07) is 52.1. The predicted molar refractivity (Wildman–Crippen MR) is 261 cm³/mol. The highest BCUT2D eigenvalue weighted by Crippen LogP contribution is 2.39. The summed E-state index contributed by atoms with van der Waals surface area (Å²) in [6.07, 6.45) is 7.90. The third-order valence-electron chi connectivity index (χ3n) is 12.3. The molecule has 5 nitrogen and oxygen atoms in total. The second kappa shape index (κ2) is 16.2. The summed E-state index contributed by atoms with van der Waals surface area (Å²) in [5, 5.41) is 2.33. The average molecular weight is 827 g/mol. The Hall–Kier alpha value is -6.72. The molecule has 0 N–H and O–H groups in total. The molecule has 0 bridgehead atoms. The second-order valence-electron chi connectivity index (χ2n) is 19.6. The molecule has 0 spiro atoms. The van der Waals surface area contributed by atoms with Crippen molar-refractivity contribution in [2.45, 2.75) is 91.9 Å². The van der Waals surface area contributed by atoms with E-state index >= 15 is 0 Å². The van der Waals surface area contributed by atoms with E-state index in [0.29, 0.717) is 11.8 Å². The van der Waals surface area contributed by atoms with Crippen LogP contribution in [0.4, 0.5) is 0 Å². The summed E-state index contributed by atoms with van der Waals surface area (Å²) in [4.78, 5) is 4.90. The molecule has 5 heteroatoms. The number of fused-ring (bicyclic) bond motifs is 3. The number of benzene rings is 6. The van der Waals surface area contributed by atoms with Gasteiger partial charge in [-0.25, -0.2) is 4.98 Å². The van der Waals surface area contributed by atoms with Crippen LogP contribution in [-0.2, 0) is 10.8 Å². The molecule has 0 radical (unpaired) electrons. The highest BCUT2D eigenvalue weighted by Gasteiger charge is 2.24. The number of hydrogen-bond donors (Lipinski definition) is 0. The zero-order valence-corrected chi connectivity index (χ0v) is 38.4. The lowest BCUT2D eigenvalue weighted by molar-refractivity contribution is -0.611. The molecule has 0 unspecified atom stereocenters. The van der Waals surface area contributed by atoms with Gasteiger partial charge >= 0.3 is 0 Å². The number of hydrogen-bond acceptors (Lipinski definition) is 2. The summed E-state index contributed by atoms with van der Waals surface area (Å²) in [7, 11) is 0. The summed E-state index contributed by atoms with van der Waals surface area (Å²) in [5.74, 6) is 3.22. The zero-order valence-electron chi connectivity index (χ0n) is 38.4. The Morgan fingerprint density at radius 1 is 0.571 bits per heavy atom. The number of aromatic nitrogens is 4. The van der Waals surface area contributed by atoms with Gasteiger partial charge in [0.2, 0.25) is 0 Å². The van der Waals surface area contributed by atoms with Crippen molar-refractivity contribution in [1.82, 2.24) is 14.1 Å². The Kier molecular flexibility index (Phi) is 10.7. The first kappa shape index (κ1) is 41.6. The summed E-state index contributed by atoms with van der Waals surface area (Å²) in [6.45, 7) is 22.6. The molecule has 9 rings (SSSR count). The van der Waals surface area contributed by atoms with E-state index in [-0.39, 0.29) is 10.8 Å². The smallest absolute Gasteiger partial charge is 0.269 e. The standard InChI is InChI=1S/C58H58N4O/c1-38(2)48-20-16-21-49(39(3)4)56(48)41-23-25-44(26-24-41)61-37-60(36-54(61)58(8,9)10)45-31-42(40-17-12-11-13-18-40)32-47(34-45)63-46-27-28-51-50-19-14-15-22-52(50)62(53(51)35-46)55-33-43(29-30-59-55)57(5,6)7/h11-36,38-39H,1-10H3. The average Bonchev–Trinajstić information content (AvgIpc) is 3.87. The first-order chi connectivity index (χ1) is 30.1. The van der Waals surface area contributed by atoms with Crippen molar-refractivity contribution in [2.24, 2.45) is 0 Å². The van der Waals surface area contributed by atoms with Crippen LogP contribution in [-0.4, -0.2) is 14.1 Å². The third kappa shape index (κ3) is 8.09. The molecule has 0 amide bonds. The van der Waals surface area contributed by atoms with Gasteiger partial charge in [-0.3, -0.25) is 13.7 Å². The first-order valence-electron chi connectivity index (χ1n) is 22.3. The quantitative estimate of drug-likeness (QED) is 0.107. The Morgan fingerprint density at radius 2 is 1.25 bits per heavy atom. The molecule has 316 valence electrons. The molecule has 0 saturated heterocycles. The molecule has 0 aliphatic rings. The monoisotopic (exact) mass is 826 g/mol. The van der Waals surface area contributed by atoms with Crippen LogP contribution < -0.4 is 9.30 Å². The molecule has 0 aliphatic heterocycles. The van der Waals surface area contributed by atoms with Crippen molar-refractivity contribution in [1.29, 1.82) is 0 Å². The summed E-state index contributed by atoms with van der Waals surface area (Å²) >= 11 is 0. The van der Waals surface area contributed by atoms with Crippen LogP contribution >= 0.6 is 0 Å². The number of nitrogens with zero attached hydrogens (tertiary/aromatic N) is 4. The number of para-hydroxylation sites is 1. The molecule has 9 aromatic rings. The molecule has 0 atom stereocenters. The maximum atomic E-state index is 6.90. The van der Waals surface area contributed by atoms with Gasteiger partial charge in [-0.1, -0.05) is 148 Å². The minimum atomic E-state index is -0.166. The highest BCUT2D eigenvalue weighted by atomic mass is 16.5. The van der Waals surface area contributed by atoms with Crippen molar-refractivity contribution in [2.75, 3.05) is 0 Å². The van der Waals surface area contributed by atoms with Gasteiger partial charge in [-0.05, 0) is 122 Å². The van der Waals surface area contributed by atoms with Crippen LogP contribution in [0, 0.1) is 6.33 Å². The third-order valence-corrected chi connectivity index (χ3v) is 12.3. The van der Waals surface area contributed by atoms with E-state index < -0.39 is 0 Å². The van der Waals surface area contributed by atoms with Crippen molar-refractivity contribution in [3.05, 3.63) is 187 Å². The first-order valence-corrected chi connectivity index (χ1v) is 22.3. The van der Waals surface area contributed by atoms with Gasteiger partial charge in [0, 0.05) is 29.2 Å². The normalized spacial score (nSPS) is 12.3. The van der Waals surface area contributed by atoms with Crippen molar-refractivity contribution in [3.63, 3.8) is 0 Å². The van der Waals surface area contributed by atoms with Crippen molar-refractivity contribution in [3.8, 4) is 50.9 Å². The molecular formula is C58H58N4O. The lowest BCUT2D eigenvalue weighted by Crippen LogP contribution is -2.38. The van der Waals surface area contributed by atoms with Gasteiger partial charge in [0.05, 0.1) is 28.1 Å². The topological polar surface area (TPSA) is 35.9 Å². The fourth-order valence-corrected chi connectivity index (χ4v) is 8.87. The molecule has 0 aliphatic carbocycles. The van der Waals surface area contributed by atoms with Crippen LogP contribution in [0.15, 0.2) is 158 Å². The molecule has 3 heterocycles. The largest absolute Gasteiger partial charge is 0.458 e. The van der Waals surface area contributed by atoms with Gasteiger partial charge < -0.3 is 4.74 Å². The Morgan fingerprint density at radius 3 is 1.94 bits per heavy atom. The molecule has 0 fully saturated rings. The van der Waals surface area contributed by atoms with Gasteiger partial charge in [0.1, 0.15) is 17.3 Å². The number of ether oxygens (including phenoxy) is 1. The molecule has 6 aromatic carbocycles. The Bertz CT molecular complexity index is 3070. The van der Waals surface area contributed by atoms with E-state index in [9.17, 15) is 0 Å². The molecular weight excluding hydrogens is 769 g/mol. The summed E-state index contributed by atoms with van der Waals surface area (Å²) < 4.78 is 13.5. The van der Waals surface area contributed by atoms with E-state index in [1.165, 1.54) is 33.2 Å². The minimum absolute atomic E-state index is 0.0152. The predicted octanol–water partition coefficient (Wildman–Crippen LogP) is 15.0. The SMILES string of the molecule is CC(C)c1cccc(C(C)C)c1-c1ccc(-[n+]2[c-]n(-c3cc(Oc4ccc5c6ccccc6n(-c6cc(C(C)(C)C)ccn6)c5c4)cc(-c4ccccc4)c3)cc2C(C)(C)C)cc1. The maximum absolute atomic E-state index is 6.90. The van der Waals surface area contributed by atoms with Gasteiger partial charge in [-0.15, -0.1) is 0 Å². The summed E-state index contributed by atoms with van der Waals surface area (Å²) in [5.41, 5.74) is 13.9. The van der Waals surface area contributed by atoms with Crippen molar-refractivity contribution >= 4 is 21.8 Å². The van der Waals surface area contributed by atoms with E-state index in [1.807, 2.05) is 6.20 Å². The van der Waals surface area contributed by atoms with Gasteiger partial charge in [-0.2, -0.15) is 0 Å². The molecule has 0 saturated carbocycles. The fourth-order valence-electron chi connectivity index (χ4n) is 8.87. The fraction of sp³-hybridized carbons (Fsp3) is 0.241. The Labute approximate surface area is 373 Å². The van der Waals surface area contributed by atoms with Crippen LogP contribution in [0.3, 0.4) is 0 Å². The van der Waals surface area contributed by atoms with E-state index in [0.717, 1.165) is 61.9 Å². The highest BCUT2D eigenvalue weighted by molar-refractivity contribution is 6.09. The van der Waals surface area contributed by atoms with Gasteiger partial charge in [0.25, 0.3) is 6.33 Å². The van der Waals surface area contributed by atoms with Crippen LogP contribution in [0.2, 0.25) is 0 Å². The second-order valence-corrected chi connectivity index (χ2v) is 19.6. The zero-order chi connectivity index (χ0) is 44.2. The van der Waals surface area contributed by atoms with Crippen LogP contribution in [0.25, 0.3) is 61.3 Å². The van der Waals surface area contributed by atoms with E-state index in [2.05, 4.69) is 241 Å². The van der Waals surface area contributed by atoms with Gasteiger partial charge in [0.15, 0.2) is 0 Å². The molecule has 63 heavy (non-hydrogen) atoms. The van der Waals surface area contributed by atoms with Crippen molar-refractivity contribution < 1.29 is 9.30 Å². The number of imidazole rings is 1. The molecule has 3 aromatic heterocycles. The van der Waals surface area contributed by atoms with E-state index in [1.54, 1.807) is 0 Å². The Balaban J connectivity index is 1.14. The lowest BCUT2D eigenvalue weighted by atomic mass is 9.85. The van der Waals surface area contributed by atoms with E-state index in [4.69, 9.17) is 9.72 Å².